The van der Waals surface area contributed by atoms with Crippen molar-refractivity contribution in [2.24, 2.45) is 0 Å². The average Bonchev–Trinajstić information content (AvgIpc) is 3.26. The lowest BCUT2D eigenvalue weighted by molar-refractivity contribution is -0.122. The SMILES string of the molecule is COc1ccc(OC)c(CNC(=O)CC[C@]2(Cc3ccc(OC)c4ccccc34)CCC(=O)N2)c1. The van der Waals surface area contributed by atoms with E-state index in [4.69, 9.17) is 14.2 Å². The van der Waals surface area contributed by atoms with Gasteiger partial charge in [0.15, 0.2) is 0 Å². The molecule has 1 fully saturated rings. The summed E-state index contributed by atoms with van der Waals surface area (Å²) in [4.78, 5) is 25.0. The minimum Gasteiger partial charge on any atom is -0.497 e. The lowest BCUT2D eigenvalue weighted by Gasteiger charge is -2.30. The molecule has 2 N–H and O–H groups in total. The Morgan fingerprint density at radius 3 is 2.37 bits per heavy atom. The summed E-state index contributed by atoms with van der Waals surface area (Å²) < 4.78 is 16.2. The standard InChI is InChI=1S/C28H32N2O5/c1-33-21-9-11-24(34-2)20(16-21)18-29-26(31)12-14-28(15-13-27(32)30-28)17-19-8-10-25(35-3)23-7-5-4-6-22(19)23/h4-11,16H,12-15,17-18H2,1-3H3,(H,29,31)(H,30,32)/t28-/m1/s1. The molecule has 0 aliphatic carbocycles. The molecule has 184 valence electrons. The Labute approximate surface area is 205 Å². The van der Waals surface area contributed by atoms with Crippen molar-refractivity contribution in [2.75, 3.05) is 21.3 Å². The van der Waals surface area contributed by atoms with E-state index in [-0.39, 0.29) is 11.8 Å². The normalized spacial score (nSPS) is 17.2. The second-order valence-electron chi connectivity index (χ2n) is 8.93. The van der Waals surface area contributed by atoms with Gasteiger partial charge in [0.1, 0.15) is 17.2 Å². The summed E-state index contributed by atoms with van der Waals surface area (Å²) in [6.45, 7) is 0.335. The molecular formula is C28H32N2O5. The Kier molecular flexibility index (Phi) is 7.44. The molecule has 4 rings (SSSR count). The van der Waals surface area contributed by atoms with Crippen molar-refractivity contribution in [3.05, 3.63) is 65.7 Å². The quantitative estimate of drug-likeness (QED) is 0.459. The monoisotopic (exact) mass is 476 g/mol. The van der Waals surface area contributed by atoms with Crippen LogP contribution in [0.15, 0.2) is 54.6 Å². The molecule has 0 radical (unpaired) electrons. The highest BCUT2D eigenvalue weighted by Gasteiger charge is 2.38. The van der Waals surface area contributed by atoms with E-state index >= 15 is 0 Å². The van der Waals surface area contributed by atoms with Gasteiger partial charge in [-0.1, -0.05) is 30.3 Å². The van der Waals surface area contributed by atoms with Crippen molar-refractivity contribution in [1.29, 1.82) is 0 Å². The van der Waals surface area contributed by atoms with Crippen LogP contribution in [0.2, 0.25) is 0 Å². The third kappa shape index (κ3) is 5.50. The van der Waals surface area contributed by atoms with E-state index in [9.17, 15) is 9.59 Å². The van der Waals surface area contributed by atoms with Gasteiger partial charge in [0, 0.05) is 35.9 Å². The summed E-state index contributed by atoms with van der Waals surface area (Å²) >= 11 is 0. The third-order valence-electron chi connectivity index (χ3n) is 6.75. The molecule has 0 spiro atoms. The Morgan fingerprint density at radius 1 is 0.943 bits per heavy atom. The molecule has 1 aliphatic rings. The summed E-state index contributed by atoms with van der Waals surface area (Å²) in [5.74, 6) is 2.17. The van der Waals surface area contributed by atoms with E-state index in [0.717, 1.165) is 27.6 Å². The Hall–Kier alpha value is -3.74. The number of carbonyl (C=O) groups is 2. The van der Waals surface area contributed by atoms with Crippen molar-refractivity contribution in [3.8, 4) is 17.2 Å². The first kappa shape index (κ1) is 24.4. The molecule has 1 aliphatic heterocycles. The van der Waals surface area contributed by atoms with E-state index < -0.39 is 5.54 Å². The molecule has 7 heteroatoms. The Morgan fingerprint density at radius 2 is 1.69 bits per heavy atom. The van der Waals surface area contributed by atoms with Gasteiger partial charge < -0.3 is 24.8 Å². The van der Waals surface area contributed by atoms with Crippen molar-refractivity contribution in [1.82, 2.24) is 10.6 Å². The fourth-order valence-electron chi connectivity index (χ4n) is 4.87. The van der Waals surface area contributed by atoms with E-state index in [1.54, 1.807) is 21.3 Å². The maximum atomic E-state index is 12.8. The lowest BCUT2D eigenvalue weighted by Crippen LogP contribution is -2.44. The van der Waals surface area contributed by atoms with E-state index in [1.165, 1.54) is 0 Å². The van der Waals surface area contributed by atoms with Gasteiger partial charge in [0.2, 0.25) is 11.8 Å². The van der Waals surface area contributed by atoms with Crippen LogP contribution in [0, 0.1) is 0 Å². The Bertz CT molecular complexity index is 1230. The first-order valence-corrected chi connectivity index (χ1v) is 11.8. The maximum Gasteiger partial charge on any atom is 0.220 e. The summed E-state index contributed by atoms with van der Waals surface area (Å²) in [6.07, 6.45) is 2.68. The van der Waals surface area contributed by atoms with Gasteiger partial charge in [-0.25, -0.2) is 0 Å². The third-order valence-corrected chi connectivity index (χ3v) is 6.75. The van der Waals surface area contributed by atoms with Crippen LogP contribution < -0.4 is 24.8 Å². The highest BCUT2D eigenvalue weighted by atomic mass is 16.5. The van der Waals surface area contributed by atoms with E-state index in [0.29, 0.717) is 50.1 Å². The van der Waals surface area contributed by atoms with Gasteiger partial charge in [0.25, 0.3) is 0 Å². The molecule has 1 heterocycles. The van der Waals surface area contributed by atoms with Crippen LogP contribution in [0.3, 0.4) is 0 Å². The molecule has 1 saturated heterocycles. The molecule has 3 aromatic carbocycles. The maximum absolute atomic E-state index is 12.8. The number of hydrogen-bond donors (Lipinski definition) is 2. The predicted molar refractivity (Wildman–Crippen MR) is 135 cm³/mol. The second-order valence-corrected chi connectivity index (χ2v) is 8.93. The summed E-state index contributed by atoms with van der Waals surface area (Å²) in [5, 5.41) is 8.31. The first-order valence-electron chi connectivity index (χ1n) is 11.8. The van der Waals surface area contributed by atoms with Crippen molar-refractivity contribution >= 4 is 22.6 Å². The minimum absolute atomic E-state index is 0.0318. The zero-order valence-corrected chi connectivity index (χ0v) is 20.5. The van der Waals surface area contributed by atoms with Crippen LogP contribution in [0.4, 0.5) is 0 Å². The predicted octanol–water partition coefficient (Wildman–Crippen LogP) is 4.15. The number of benzene rings is 3. The fraction of sp³-hybridized carbons (Fsp3) is 0.357. The molecule has 35 heavy (non-hydrogen) atoms. The molecule has 7 nitrogen and oxygen atoms in total. The van der Waals surface area contributed by atoms with Gasteiger partial charge in [-0.3, -0.25) is 9.59 Å². The second kappa shape index (κ2) is 10.7. The molecule has 3 aromatic rings. The minimum atomic E-state index is -0.459. The molecule has 0 saturated carbocycles. The van der Waals surface area contributed by atoms with Gasteiger partial charge in [-0.15, -0.1) is 0 Å². The molecular weight excluding hydrogens is 444 g/mol. The molecule has 1 atom stereocenters. The number of ether oxygens (including phenoxy) is 3. The van der Waals surface area contributed by atoms with E-state index in [2.05, 4.69) is 22.8 Å². The fourth-order valence-corrected chi connectivity index (χ4v) is 4.87. The number of hydrogen-bond acceptors (Lipinski definition) is 5. The summed E-state index contributed by atoms with van der Waals surface area (Å²) in [6, 6.07) is 17.6. The number of carbonyl (C=O) groups excluding carboxylic acids is 2. The smallest absolute Gasteiger partial charge is 0.220 e. The largest absolute Gasteiger partial charge is 0.497 e. The van der Waals surface area contributed by atoms with Crippen molar-refractivity contribution in [3.63, 3.8) is 0 Å². The Balaban J connectivity index is 1.46. The number of fused-ring (bicyclic) bond motifs is 1. The zero-order chi connectivity index (χ0) is 24.8. The van der Waals surface area contributed by atoms with Gasteiger partial charge >= 0.3 is 0 Å². The number of nitrogens with one attached hydrogen (secondary N) is 2. The summed E-state index contributed by atoms with van der Waals surface area (Å²) in [5.41, 5.74) is 1.51. The van der Waals surface area contributed by atoms with Crippen molar-refractivity contribution in [2.45, 2.75) is 44.2 Å². The van der Waals surface area contributed by atoms with Crippen LogP contribution in [-0.4, -0.2) is 38.7 Å². The summed E-state index contributed by atoms with van der Waals surface area (Å²) in [7, 11) is 4.87. The number of rotatable bonds is 10. The molecule has 2 amide bonds. The first-order chi connectivity index (χ1) is 17.0. The average molecular weight is 477 g/mol. The molecule has 0 aromatic heterocycles. The van der Waals surface area contributed by atoms with Crippen LogP contribution >= 0.6 is 0 Å². The number of amides is 2. The molecule has 0 unspecified atom stereocenters. The highest BCUT2D eigenvalue weighted by molar-refractivity contribution is 5.91. The van der Waals surface area contributed by atoms with Gasteiger partial charge in [-0.2, -0.15) is 0 Å². The van der Waals surface area contributed by atoms with Gasteiger partial charge in [-0.05, 0) is 54.5 Å². The zero-order valence-electron chi connectivity index (χ0n) is 20.5. The lowest BCUT2D eigenvalue weighted by atomic mass is 9.83. The van der Waals surface area contributed by atoms with Crippen LogP contribution in [0.1, 0.15) is 36.8 Å². The van der Waals surface area contributed by atoms with Crippen LogP contribution in [-0.2, 0) is 22.6 Å². The number of methoxy groups -OCH3 is 3. The highest BCUT2D eigenvalue weighted by Crippen LogP contribution is 2.35. The van der Waals surface area contributed by atoms with Crippen LogP contribution in [0.25, 0.3) is 10.8 Å². The van der Waals surface area contributed by atoms with Crippen molar-refractivity contribution < 1.29 is 23.8 Å². The topological polar surface area (TPSA) is 85.9 Å². The molecule has 0 bridgehead atoms. The van der Waals surface area contributed by atoms with Gasteiger partial charge in [0.05, 0.1) is 21.3 Å². The van der Waals surface area contributed by atoms with E-state index in [1.807, 2.05) is 42.5 Å². The van der Waals surface area contributed by atoms with Crippen LogP contribution in [0.5, 0.6) is 17.2 Å².